The summed E-state index contributed by atoms with van der Waals surface area (Å²) in [6, 6.07) is 19.2. The van der Waals surface area contributed by atoms with E-state index in [1.807, 2.05) is 40.2 Å². The highest BCUT2D eigenvalue weighted by Crippen LogP contribution is 2.30. The van der Waals surface area contributed by atoms with Crippen molar-refractivity contribution in [2.45, 2.75) is 19.8 Å². The number of hydrogen-bond donors (Lipinski definition) is 2. The molecule has 0 bridgehead atoms. The molecule has 2 aromatic heterocycles. The second kappa shape index (κ2) is 7.89. The van der Waals surface area contributed by atoms with E-state index in [-0.39, 0.29) is 18.1 Å². The van der Waals surface area contributed by atoms with Gasteiger partial charge < -0.3 is 10.4 Å². The zero-order chi connectivity index (χ0) is 21.4. The second-order valence-electron chi connectivity index (χ2n) is 7.46. The lowest BCUT2D eigenvalue weighted by molar-refractivity contribution is -0.115. The Hall–Kier alpha value is -3.64. The van der Waals surface area contributed by atoms with Crippen LogP contribution in [0.1, 0.15) is 18.2 Å². The molecule has 0 fully saturated rings. The van der Waals surface area contributed by atoms with Crippen molar-refractivity contribution in [1.82, 2.24) is 9.38 Å². The molecule has 0 unspecified atom stereocenters. The van der Waals surface area contributed by atoms with Crippen molar-refractivity contribution >= 4 is 38.7 Å². The molecule has 3 aromatic carbocycles. The Labute approximate surface area is 183 Å². The summed E-state index contributed by atoms with van der Waals surface area (Å²) in [4.78, 5) is 18.4. The average Bonchev–Trinajstić information content (AvgIpc) is 3.37. The molecular formula is C25H21N3O2S. The minimum absolute atomic E-state index is 0.113. The van der Waals surface area contributed by atoms with Gasteiger partial charge in [0, 0.05) is 39.3 Å². The van der Waals surface area contributed by atoms with Crippen LogP contribution in [0.4, 0.5) is 5.69 Å². The van der Waals surface area contributed by atoms with Gasteiger partial charge in [-0.2, -0.15) is 0 Å². The number of phenols is 1. The van der Waals surface area contributed by atoms with Crippen LogP contribution in [0.25, 0.3) is 27.0 Å². The number of aromatic nitrogens is 2. The second-order valence-corrected chi connectivity index (χ2v) is 8.30. The predicted octanol–water partition coefficient (Wildman–Crippen LogP) is 5.67. The van der Waals surface area contributed by atoms with Crippen molar-refractivity contribution in [3.05, 3.63) is 83.5 Å². The summed E-state index contributed by atoms with van der Waals surface area (Å²) in [6.45, 7) is 2.14. The lowest BCUT2D eigenvalue weighted by atomic mass is 10.1. The Kier molecular flexibility index (Phi) is 4.92. The van der Waals surface area contributed by atoms with Crippen molar-refractivity contribution in [3.63, 3.8) is 0 Å². The van der Waals surface area contributed by atoms with E-state index in [1.54, 1.807) is 12.1 Å². The third-order valence-electron chi connectivity index (χ3n) is 5.46. The van der Waals surface area contributed by atoms with Crippen LogP contribution in [-0.2, 0) is 17.6 Å². The maximum atomic E-state index is 12.8. The van der Waals surface area contributed by atoms with E-state index in [1.165, 1.54) is 16.9 Å². The number of nitrogens with zero attached hydrogens (tertiary/aromatic N) is 2. The molecule has 0 atom stereocenters. The van der Waals surface area contributed by atoms with Crippen LogP contribution in [0.3, 0.4) is 0 Å². The molecule has 0 aliphatic rings. The van der Waals surface area contributed by atoms with Gasteiger partial charge in [0.05, 0.1) is 12.1 Å². The highest BCUT2D eigenvalue weighted by molar-refractivity contribution is 7.15. The minimum atomic E-state index is -0.113. The average molecular weight is 428 g/mol. The third-order valence-corrected chi connectivity index (χ3v) is 6.34. The summed E-state index contributed by atoms with van der Waals surface area (Å²) in [6.07, 6.45) is 3.24. The molecule has 5 rings (SSSR count). The maximum absolute atomic E-state index is 12.8. The number of rotatable bonds is 5. The van der Waals surface area contributed by atoms with E-state index in [0.29, 0.717) is 11.1 Å². The van der Waals surface area contributed by atoms with E-state index in [9.17, 15) is 9.90 Å². The Bertz CT molecular complexity index is 1400. The van der Waals surface area contributed by atoms with Gasteiger partial charge in [-0.25, -0.2) is 4.98 Å². The highest BCUT2D eigenvalue weighted by atomic mass is 32.1. The molecule has 0 radical (unpaired) electrons. The first-order chi connectivity index (χ1) is 15.1. The van der Waals surface area contributed by atoms with Gasteiger partial charge in [-0.15, -0.1) is 11.3 Å². The van der Waals surface area contributed by atoms with Crippen molar-refractivity contribution in [3.8, 4) is 17.0 Å². The Balaban J connectivity index is 1.39. The zero-order valence-corrected chi connectivity index (χ0v) is 17.8. The summed E-state index contributed by atoms with van der Waals surface area (Å²) in [5.74, 6) is 0.0872. The van der Waals surface area contributed by atoms with Crippen LogP contribution < -0.4 is 5.32 Å². The van der Waals surface area contributed by atoms with Crippen molar-refractivity contribution in [2.24, 2.45) is 0 Å². The molecule has 0 aliphatic heterocycles. The lowest BCUT2D eigenvalue weighted by Gasteiger charge is -2.09. The molecule has 1 amide bonds. The largest absolute Gasteiger partial charge is 0.507 e. The van der Waals surface area contributed by atoms with Crippen LogP contribution in [0.15, 0.2) is 72.2 Å². The maximum Gasteiger partial charge on any atom is 0.230 e. The molecule has 5 nitrogen and oxygen atoms in total. The normalized spacial score (nSPS) is 11.3. The van der Waals surface area contributed by atoms with Gasteiger partial charge in [0.25, 0.3) is 0 Å². The zero-order valence-electron chi connectivity index (χ0n) is 17.0. The minimum Gasteiger partial charge on any atom is -0.507 e. The first-order valence-electron chi connectivity index (χ1n) is 10.2. The number of nitrogens with one attached hydrogen (secondary N) is 1. The van der Waals surface area contributed by atoms with Crippen molar-refractivity contribution in [1.29, 1.82) is 0 Å². The summed E-state index contributed by atoms with van der Waals surface area (Å²) < 4.78 is 1.99. The fourth-order valence-electron chi connectivity index (χ4n) is 3.77. The number of anilines is 1. The van der Waals surface area contributed by atoms with Gasteiger partial charge in [0.2, 0.25) is 5.91 Å². The molecule has 0 saturated heterocycles. The smallest absolute Gasteiger partial charge is 0.230 e. The van der Waals surface area contributed by atoms with Crippen LogP contribution in [0, 0.1) is 0 Å². The number of carbonyl (C=O) groups excluding carboxylic acids is 1. The lowest BCUT2D eigenvalue weighted by Crippen LogP contribution is -2.15. The van der Waals surface area contributed by atoms with Crippen molar-refractivity contribution < 1.29 is 9.90 Å². The first kappa shape index (κ1) is 19.3. The van der Waals surface area contributed by atoms with Gasteiger partial charge in [0.1, 0.15) is 5.75 Å². The number of imidazole rings is 1. The Morgan fingerprint density at radius 2 is 1.84 bits per heavy atom. The molecule has 0 saturated carbocycles. The van der Waals surface area contributed by atoms with E-state index < -0.39 is 0 Å². The van der Waals surface area contributed by atoms with Crippen LogP contribution >= 0.6 is 11.3 Å². The van der Waals surface area contributed by atoms with Gasteiger partial charge in [-0.05, 0) is 24.1 Å². The number of phenolic OH excluding ortho intramolecular Hbond substituents is 1. The van der Waals surface area contributed by atoms with Gasteiger partial charge >= 0.3 is 0 Å². The standard InChI is InChI=1S/C25H21N3O2S/c1-2-16-9-11-17(12-10-16)22-14-28-18(15-31-25(28)27-22)13-24(30)26-21-7-3-6-20-19(21)5-4-8-23(20)29/h3-12,14-15,29H,2,13H2,1H3,(H,26,30). The summed E-state index contributed by atoms with van der Waals surface area (Å²) in [5.41, 5.74) is 4.85. The monoisotopic (exact) mass is 427 g/mol. The van der Waals surface area contributed by atoms with Crippen molar-refractivity contribution in [2.75, 3.05) is 5.32 Å². The molecule has 2 heterocycles. The Morgan fingerprint density at radius 3 is 2.65 bits per heavy atom. The van der Waals surface area contributed by atoms with E-state index in [2.05, 4.69) is 36.5 Å². The number of hydrogen-bond acceptors (Lipinski definition) is 4. The van der Waals surface area contributed by atoms with Gasteiger partial charge in [0.15, 0.2) is 4.96 Å². The molecule has 0 spiro atoms. The number of fused-ring (bicyclic) bond motifs is 2. The van der Waals surface area contributed by atoms with Gasteiger partial charge in [-0.1, -0.05) is 55.5 Å². The molecule has 5 aromatic rings. The molecule has 154 valence electrons. The predicted molar refractivity (Wildman–Crippen MR) is 126 cm³/mol. The van der Waals surface area contributed by atoms with Crippen LogP contribution in [0.2, 0.25) is 0 Å². The highest BCUT2D eigenvalue weighted by Gasteiger charge is 2.14. The Morgan fingerprint density at radius 1 is 1.06 bits per heavy atom. The van der Waals surface area contributed by atoms with E-state index >= 15 is 0 Å². The fraction of sp³-hybridized carbons (Fsp3) is 0.120. The molecule has 31 heavy (non-hydrogen) atoms. The first-order valence-corrected chi connectivity index (χ1v) is 11.1. The molecular weight excluding hydrogens is 406 g/mol. The van der Waals surface area contributed by atoms with Crippen LogP contribution in [-0.4, -0.2) is 20.4 Å². The third kappa shape index (κ3) is 3.66. The number of carbonyl (C=O) groups is 1. The SMILES string of the molecule is CCc1ccc(-c2cn3c(CC(=O)Nc4cccc5c(O)cccc45)csc3n2)cc1. The van der Waals surface area contributed by atoms with Gasteiger partial charge in [-0.3, -0.25) is 9.20 Å². The molecule has 0 aliphatic carbocycles. The fourth-order valence-corrected chi connectivity index (χ4v) is 4.64. The number of thiazole rings is 1. The number of aromatic hydroxyl groups is 1. The number of benzene rings is 3. The summed E-state index contributed by atoms with van der Waals surface area (Å²) >= 11 is 1.53. The topological polar surface area (TPSA) is 66.6 Å². The summed E-state index contributed by atoms with van der Waals surface area (Å²) in [5, 5.41) is 16.5. The molecule has 6 heteroatoms. The summed E-state index contributed by atoms with van der Waals surface area (Å²) in [7, 11) is 0. The van der Waals surface area contributed by atoms with Crippen LogP contribution in [0.5, 0.6) is 5.75 Å². The molecule has 2 N–H and O–H groups in total. The van der Waals surface area contributed by atoms with E-state index in [4.69, 9.17) is 4.98 Å². The number of amides is 1. The van der Waals surface area contributed by atoms with E-state index in [0.717, 1.165) is 33.7 Å². The number of aryl methyl sites for hydroxylation is 1. The quantitative estimate of drug-likeness (QED) is 0.380.